The molecule has 0 fully saturated rings. The number of carbonyl (C=O) groups is 2. The SMILES string of the molecule is CCOC(=O)CN(C(=O)c1ccccc1)c1nnc(Cn2nnc3ccccc32)s1. The van der Waals surface area contributed by atoms with Crippen molar-refractivity contribution in [3.63, 3.8) is 0 Å². The van der Waals surface area contributed by atoms with Crippen molar-refractivity contribution >= 4 is 39.4 Å². The molecule has 0 N–H and O–H groups in total. The molecule has 0 aliphatic rings. The number of esters is 1. The molecule has 0 aliphatic carbocycles. The van der Waals surface area contributed by atoms with Gasteiger partial charge in [-0.1, -0.05) is 46.9 Å². The Bertz CT molecular complexity index is 1170. The van der Waals surface area contributed by atoms with Crippen molar-refractivity contribution in [3.05, 3.63) is 65.2 Å². The van der Waals surface area contributed by atoms with Crippen molar-refractivity contribution in [2.45, 2.75) is 13.5 Å². The molecular weight excluding hydrogens is 404 g/mol. The maximum absolute atomic E-state index is 13.0. The predicted octanol–water partition coefficient (Wildman–Crippen LogP) is 2.54. The Hall–Kier alpha value is -3.66. The molecule has 4 aromatic rings. The first-order chi connectivity index (χ1) is 14.7. The van der Waals surface area contributed by atoms with Gasteiger partial charge in [0.2, 0.25) is 5.13 Å². The minimum Gasteiger partial charge on any atom is -0.465 e. The van der Waals surface area contributed by atoms with Crippen molar-refractivity contribution < 1.29 is 14.3 Å². The molecule has 0 radical (unpaired) electrons. The first kappa shape index (κ1) is 19.6. The Balaban J connectivity index is 1.60. The van der Waals surface area contributed by atoms with Gasteiger partial charge >= 0.3 is 5.97 Å². The van der Waals surface area contributed by atoms with Gasteiger partial charge in [-0.2, -0.15) is 0 Å². The normalized spacial score (nSPS) is 10.8. The van der Waals surface area contributed by atoms with Crippen LogP contribution in [0.2, 0.25) is 0 Å². The maximum Gasteiger partial charge on any atom is 0.326 e. The van der Waals surface area contributed by atoms with E-state index < -0.39 is 5.97 Å². The molecule has 0 atom stereocenters. The fourth-order valence-corrected chi connectivity index (χ4v) is 3.70. The quantitative estimate of drug-likeness (QED) is 0.422. The van der Waals surface area contributed by atoms with Crippen LogP contribution in [0.5, 0.6) is 0 Å². The number of fused-ring (bicyclic) bond motifs is 1. The van der Waals surface area contributed by atoms with Crippen molar-refractivity contribution in [3.8, 4) is 0 Å². The summed E-state index contributed by atoms with van der Waals surface area (Å²) in [4.78, 5) is 26.4. The van der Waals surface area contributed by atoms with Crippen LogP contribution in [0.1, 0.15) is 22.3 Å². The minimum absolute atomic E-state index is 0.229. The first-order valence-corrected chi connectivity index (χ1v) is 10.1. The van der Waals surface area contributed by atoms with Gasteiger partial charge in [0.15, 0.2) is 0 Å². The van der Waals surface area contributed by atoms with Crippen molar-refractivity contribution in [1.29, 1.82) is 0 Å². The van der Waals surface area contributed by atoms with Crippen LogP contribution in [0.4, 0.5) is 5.13 Å². The minimum atomic E-state index is -0.513. The number of hydrogen-bond donors (Lipinski definition) is 0. The molecule has 0 spiro atoms. The summed E-state index contributed by atoms with van der Waals surface area (Å²) in [5, 5.41) is 17.6. The van der Waals surface area contributed by atoms with E-state index in [9.17, 15) is 9.59 Å². The number of benzene rings is 2. The van der Waals surface area contributed by atoms with Crippen LogP contribution in [0.25, 0.3) is 11.0 Å². The van der Waals surface area contributed by atoms with Crippen LogP contribution in [0, 0.1) is 0 Å². The molecule has 30 heavy (non-hydrogen) atoms. The average molecular weight is 422 g/mol. The zero-order chi connectivity index (χ0) is 20.9. The zero-order valence-electron chi connectivity index (χ0n) is 16.1. The topological polar surface area (TPSA) is 103 Å². The van der Waals surface area contributed by atoms with Gasteiger partial charge in [-0.3, -0.25) is 14.5 Å². The molecule has 1 amide bonds. The molecule has 0 bridgehead atoms. The second kappa shape index (κ2) is 8.78. The van der Waals surface area contributed by atoms with Gasteiger partial charge in [0.25, 0.3) is 5.91 Å². The lowest BCUT2D eigenvalue weighted by atomic mass is 10.2. The average Bonchev–Trinajstić information content (AvgIpc) is 3.40. The molecule has 2 heterocycles. The summed E-state index contributed by atoms with van der Waals surface area (Å²) in [6.45, 7) is 2.05. The van der Waals surface area contributed by atoms with Gasteiger partial charge in [0, 0.05) is 5.56 Å². The Morgan fingerprint density at radius 3 is 2.60 bits per heavy atom. The third-order valence-corrected chi connectivity index (χ3v) is 5.18. The van der Waals surface area contributed by atoms with Gasteiger partial charge in [0.1, 0.15) is 17.1 Å². The predicted molar refractivity (Wildman–Crippen MR) is 111 cm³/mol. The number of anilines is 1. The van der Waals surface area contributed by atoms with Gasteiger partial charge in [0.05, 0.1) is 18.7 Å². The van der Waals surface area contributed by atoms with E-state index in [0.29, 0.717) is 22.2 Å². The number of aromatic nitrogens is 5. The molecule has 10 heteroatoms. The summed E-state index contributed by atoms with van der Waals surface area (Å²) >= 11 is 1.22. The van der Waals surface area contributed by atoms with Crippen LogP contribution >= 0.6 is 11.3 Å². The number of carbonyl (C=O) groups excluding carboxylic acids is 2. The molecule has 2 aromatic heterocycles. The van der Waals surface area contributed by atoms with E-state index in [1.807, 2.05) is 30.3 Å². The highest BCUT2D eigenvalue weighted by Gasteiger charge is 2.25. The lowest BCUT2D eigenvalue weighted by molar-refractivity contribution is -0.141. The van der Waals surface area contributed by atoms with Crippen molar-refractivity contribution in [1.82, 2.24) is 25.2 Å². The van der Waals surface area contributed by atoms with Crippen LogP contribution in [0.15, 0.2) is 54.6 Å². The third-order valence-electron chi connectivity index (χ3n) is 4.25. The highest BCUT2D eigenvalue weighted by Crippen LogP contribution is 2.24. The molecule has 9 nitrogen and oxygen atoms in total. The van der Waals surface area contributed by atoms with Gasteiger partial charge in [-0.05, 0) is 31.2 Å². The lowest BCUT2D eigenvalue weighted by Crippen LogP contribution is -2.36. The van der Waals surface area contributed by atoms with E-state index in [4.69, 9.17) is 4.74 Å². The molecule has 0 saturated carbocycles. The van der Waals surface area contributed by atoms with Crippen LogP contribution in [-0.2, 0) is 16.1 Å². The number of para-hydroxylation sites is 1. The number of amides is 1. The summed E-state index contributed by atoms with van der Waals surface area (Å²) in [6, 6.07) is 16.3. The van der Waals surface area contributed by atoms with E-state index >= 15 is 0 Å². The van der Waals surface area contributed by atoms with Gasteiger partial charge in [-0.15, -0.1) is 15.3 Å². The standard InChI is InChI=1S/C20H18N6O3S/c1-2-29-18(27)13-25(19(28)14-8-4-3-5-9-14)20-23-22-17(30-20)12-26-16-11-7-6-10-15(16)21-24-26/h3-11H,2,12-13H2,1H3. The van der Waals surface area contributed by atoms with E-state index in [0.717, 1.165) is 11.0 Å². The number of hydrogen-bond acceptors (Lipinski definition) is 8. The fraction of sp³-hybridized carbons (Fsp3) is 0.200. The largest absolute Gasteiger partial charge is 0.465 e. The maximum atomic E-state index is 13.0. The van der Waals surface area contributed by atoms with Crippen LogP contribution in [0.3, 0.4) is 0 Å². The fourth-order valence-electron chi connectivity index (χ4n) is 2.88. The molecule has 0 unspecified atom stereocenters. The summed E-state index contributed by atoms with van der Waals surface area (Å²) < 4.78 is 6.74. The smallest absolute Gasteiger partial charge is 0.326 e. The Labute approximate surface area is 175 Å². The van der Waals surface area contributed by atoms with E-state index in [1.54, 1.807) is 35.9 Å². The van der Waals surface area contributed by atoms with E-state index in [1.165, 1.54) is 16.2 Å². The monoisotopic (exact) mass is 422 g/mol. The van der Waals surface area contributed by atoms with Crippen molar-refractivity contribution in [2.24, 2.45) is 0 Å². The second-order valence-electron chi connectivity index (χ2n) is 6.28. The molecular formula is C20H18N6O3S. The summed E-state index contributed by atoms with van der Waals surface area (Å²) in [7, 11) is 0. The summed E-state index contributed by atoms with van der Waals surface area (Å²) in [6.07, 6.45) is 0. The first-order valence-electron chi connectivity index (χ1n) is 9.29. The van der Waals surface area contributed by atoms with E-state index in [-0.39, 0.29) is 19.1 Å². The highest BCUT2D eigenvalue weighted by atomic mass is 32.1. The summed E-state index contributed by atoms with van der Waals surface area (Å²) in [5.74, 6) is -0.863. The number of rotatable bonds is 7. The Morgan fingerprint density at radius 1 is 1.03 bits per heavy atom. The number of ether oxygens (including phenoxy) is 1. The molecule has 0 aliphatic heterocycles. The van der Waals surface area contributed by atoms with Crippen LogP contribution in [-0.4, -0.2) is 50.2 Å². The molecule has 0 saturated heterocycles. The van der Waals surface area contributed by atoms with E-state index in [2.05, 4.69) is 20.5 Å². The Kier molecular flexibility index (Phi) is 5.75. The van der Waals surface area contributed by atoms with Crippen LogP contribution < -0.4 is 4.90 Å². The van der Waals surface area contributed by atoms with Gasteiger partial charge < -0.3 is 4.74 Å². The third kappa shape index (κ3) is 4.18. The summed E-state index contributed by atoms with van der Waals surface area (Å²) in [5.41, 5.74) is 2.10. The molecule has 4 rings (SSSR count). The zero-order valence-corrected chi connectivity index (χ0v) is 17.0. The molecule has 2 aromatic carbocycles. The highest BCUT2D eigenvalue weighted by molar-refractivity contribution is 7.15. The van der Waals surface area contributed by atoms with Crippen molar-refractivity contribution in [2.75, 3.05) is 18.1 Å². The number of nitrogens with zero attached hydrogens (tertiary/aromatic N) is 6. The second-order valence-corrected chi connectivity index (χ2v) is 7.32. The Morgan fingerprint density at radius 2 is 1.80 bits per heavy atom. The van der Waals surface area contributed by atoms with Gasteiger partial charge in [-0.25, -0.2) is 4.68 Å². The molecule has 152 valence electrons. The lowest BCUT2D eigenvalue weighted by Gasteiger charge is -2.18.